The Bertz CT molecular complexity index is 339. The van der Waals surface area contributed by atoms with Crippen LogP contribution in [0.15, 0.2) is 0 Å². The van der Waals surface area contributed by atoms with Gasteiger partial charge in [0.25, 0.3) is 0 Å². The molecule has 1 saturated heterocycles. The molecule has 7 heteroatoms. The summed E-state index contributed by atoms with van der Waals surface area (Å²) in [6.45, 7) is 6.12. The quantitative estimate of drug-likeness (QED) is 0.535. The standard InChI is InChI=1S/C13H21F3O4/c1-8(2)5-12(3,4)11(17)18-6-9-10(20-9)19-7-13(14,15)16/h8-10H,5-7H2,1-4H3. The summed E-state index contributed by atoms with van der Waals surface area (Å²) in [6, 6.07) is 0. The molecule has 0 bridgehead atoms. The van der Waals surface area contributed by atoms with Crippen molar-refractivity contribution in [2.75, 3.05) is 13.2 Å². The molecule has 0 amide bonds. The first kappa shape index (κ1) is 17.2. The lowest BCUT2D eigenvalue weighted by molar-refractivity contribution is -0.184. The molecule has 20 heavy (non-hydrogen) atoms. The number of ether oxygens (including phenoxy) is 3. The van der Waals surface area contributed by atoms with Gasteiger partial charge in [-0.15, -0.1) is 0 Å². The average molecular weight is 298 g/mol. The number of alkyl halides is 3. The molecule has 1 aliphatic heterocycles. The third kappa shape index (κ3) is 6.09. The Morgan fingerprint density at radius 3 is 2.40 bits per heavy atom. The normalized spacial score (nSPS) is 23.0. The summed E-state index contributed by atoms with van der Waals surface area (Å²) in [7, 11) is 0. The number of carbonyl (C=O) groups is 1. The third-order valence-electron chi connectivity index (χ3n) is 2.80. The molecule has 0 aromatic carbocycles. The molecule has 0 aromatic rings. The smallest absolute Gasteiger partial charge is 0.411 e. The zero-order chi connectivity index (χ0) is 15.6. The number of epoxide rings is 1. The first-order chi connectivity index (χ1) is 9.01. The predicted molar refractivity (Wildman–Crippen MR) is 64.9 cm³/mol. The molecule has 4 nitrogen and oxygen atoms in total. The van der Waals surface area contributed by atoms with Gasteiger partial charge < -0.3 is 14.2 Å². The van der Waals surface area contributed by atoms with Crippen LogP contribution in [0, 0.1) is 11.3 Å². The second kappa shape index (κ2) is 6.30. The van der Waals surface area contributed by atoms with E-state index in [2.05, 4.69) is 4.74 Å². The predicted octanol–water partition coefficient (Wildman–Crippen LogP) is 2.91. The summed E-state index contributed by atoms with van der Waals surface area (Å²) < 4.78 is 50.1. The van der Waals surface area contributed by atoms with Gasteiger partial charge in [0, 0.05) is 0 Å². The lowest BCUT2D eigenvalue weighted by Gasteiger charge is -2.24. The van der Waals surface area contributed by atoms with Crippen molar-refractivity contribution in [2.45, 2.75) is 52.7 Å². The first-order valence-corrected chi connectivity index (χ1v) is 6.52. The fourth-order valence-corrected chi connectivity index (χ4v) is 2.03. The third-order valence-corrected chi connectivity index (χ3v) is 2.80. The topological polar surface area (TPSA) is 48.1 Å². The van der Waals surface area contributed by atoms with Gasteiger partial charge in [0.15, 0.2) is 6.29 Å². The van der Waals surface area contributed by atoms with Gasteiger partial charge in [-0.2, -0.15) is 13.2 Å². The first-order valence-electron chi connectivity index (χ1n) is 6.52. The van der Waals surface area contributed by atoms with Gasteiger partial charge in [-0.25, -0.2) is 0 Å². The van der Waals surface area contributed by atoms with E-state index in [4.69, 9.17) is 9.47 Å². The van der Waals surface area contributed by atoms with Crippen molar-refractivity contribution in [2.24, 2.45) is 11.3 Å². The molecule has 1 heterocycles. The van der Waals surface area contributed by atoms with Crippen LogP contribution in [0.5, 0.6) is 0 Å². The minimum Gasteiger partial charge on any atom is -0.462 e. The summed E-state index contributed by atoms with van der Waals surface area (Å²) in [5, 5.41) is 0. The van der Waals surface area contributed by atoms with E-state index in [0.29, 0.717) is 12.3 Å². The molecular formula is C13H21F3O4. The van der Waals surface area contributed by atoms with Crippen molar-refractivity contribution in [3.8, 4) is 0 Å². The van der Waals surface area contributed by atoms with E-state index >= 15 is 0 Å². The number of halogens is 3. The van der Waals surface area contributed by atoms with E-state index < -0.39 is 30.6 Å². The van der Waals surface area contributed by atoms with Gasteiger partial charge in [0.05, 0.1) is 5.41 Å². The number of rotatable bonds is 7. The van der Waals surface area contributed by atoms with Gasteiger partial charge in [-0.1, -0.05) is 13.8 Å². The van der Waals surface area contributed by atoms with Crippen LogP contribution >= 0.6 is 0 Å². The molecule has 0 N–H and O–H groups in total. The fraction of sp³-hybridized carbons (Fsp3) is 0.923. The summed E-state index contributed by atoms with van der Waals surface area (Å²) in [4.78, 5) is 11.9. The maximum atomic E-state index is 11.9. The minimum absolute atomic E-state index is 0.0805. The zero-order valence-electron chi connectivity index (χ0n) is 12.1. The number of carbonyl (C=O) groups excluding carboxylic acids is 1. The Morgan fingerprint density at radius 1 is 1.30 bits per heavy atom. The molecular weight excluding hydrogens is 277 g/mol. The maximum Gasteiger partial charge on any atom is 0.411 e. The summed E-state index contributed by atoms with van der Waals surface area (Å²) in [6.07, 6.45) is -5.24. The van der Waals surface area contributed by atoms with Gasteiger partial charge in [0.1, 0.15) is 19.3 Å². The molecule has 0 spiro atoms. The highest BCUT2D eigenvalue weighted by atomic mass is 19.4. The SMILES string of the molecule is CC(C)CC(C)(C)C(=O)OCC1OC1OCC(F)(F)F. The van der Waals surface area contributed by atoms with E-state index in [0.717, 1.165) is 0 Å². The second-order valence-corrected chi connectivity index (χ2v) is 6.05. The molecule has 118 valence electrons. The van der Waals surface area contributed by atoms with Crippen molar-refractivity contribution in [1.82, 2.24) is 0 Å². The van der Waals surface area contributed by atoms with Gasteiger partial charge in [-0.05, 0) is 26.2 Å². The zero-order valence-corrected chi connectivity index (χ0v) is 12.1. The number of hydrogen-bond acceptors (Lipinski definition) is 4. The molecule has 2 unspecified atom stereocenters. The van der Waals surface area contributed by atoms with Gasteiger partial charge >= 0.3 is 12.1 Å². The lowest BCUT2D eigenvalue weighted by atomic mass is 9.84. The van der Waals surface area contributed by atoms with Crippen LogP contribution in [0.25, 0.3) is 0 Å². The van der Waals surface area contributed by atoms with E-state index in [-0.39, 0.29) is 12.6 Å². The Labute approximate surface area is 116 Å². The van der Waals surface area contributed by atoms with Crippen LogP contribution in [0.3, 0.4) is 0 Å². The lowest BCUT2D eigenvalue weighted by Crippen LogP contribution is -2.29. The van der Waals surface area contributed by atoms with E-state index in [1.165, 1.54) is 0 Å². The monoisotopic (exact) mass is 298 g/mol. The Kier molecular flexibility index (Phi) is 5.43. The van der Waals surface area contributed by atoms with Crippen LogP contribution < -0.4 is 0 Å². The molecule has 1 fully saturated rings. The molecule has 0 radical (unpaired) electrons. The van der Waals surface area contributed by atoms with Crippen molar-refractivity contribution in [3.05, 3.63) is 0 Å². The van der Waals surface area contributed by atoms with E-state index in [1.807, 2.05) is 13.8 Å². The Balaban J connectivity index is 2.24. The molecule has 2 atom stereocenters. The Morgan fingerprint density at radius 2 is 1.90 bits per heavy atom. The fourth-order valence-electron chi connectivity index (χ4n) is 2.03. The molecule has 1 aliphatic rings. The molecule has 0 saturated carbocycles. The maximum absolute atomic E-state index is 11.9. The average Bonchev–Trinajstić information content (AvgIpc) is 2.99. The van der Waals surface area contributed by atoms with Crippen molar-refractivity contribution in [1.29, 1.82) is 0 Å². The van der Waals surface area contributed by atoms with Crippen molar-refractivity contribution in [3.63, 3.8) is 0 Å². The van der Waals surface area contributed by atoms with Crippen molar-refractivity contribution >= 4 is 5.97 Å². The second-order valence-electron chi connectivity index (χ2n) is 6.05. The minimum atomic E-state index is -4.38. The Hall–Kier alpha value is -0.820. The van der Waals surface area contributed by atoms with Gasteiger partial charge in [0.2, 0.25) is 0 Å². The van der Waals surface area contributed by atoms with Crippen LogP contribution in [0.1, 0.15) is 34.1 Å². The summed E-state index contributed by atoms with van der Waals surface area (Å²) in [5.74, 6) is -0.0335. The molecule has 0 aliphatic carbocycles. The summed E-state index contributed by atoms with van der Waals surface area (Å²) >= 11 is 0. The largest absolute Gasteiger partial charge is 0.462 e. The van der Waals surface area contributed by atoms with Crippen molar-refractivity contribution < 1.29 is 32.2 Å². The van der Waals surface area contributed by atoms with E-state index in [1.54, 1.807) is 13.8 Å². The highest BCUT2D eigenvalue weighted by Crippen LogP contribution is 2.30. The molecule has 1 rings (SSSR count). The van der Waals surface area contributed by atoms with E-state index in [9.17, 15) is 18.0 Å². The van der Waals surface area contributed by atoms with Crippen LogP contribution in [0.2, 0.25) is 0 Å². The highest BCUT2D eigenvalue weighted by molar-refractivity contribution is 5.75. The van der Waals surface area contributed by atoms with Crippen LogP contribution in [-0.2, 0) is 19.0 Å². The van der Waals surface area contributed by atoms with Crippen LogP contribution in [-0.4, -0.2) is 37.8 Å². The van der Waals surface area contributed by atoms with Crippen LogP contribution in [0.4, 0.5) is 13.2 Å². The number of hydrogen-bond donors (Lipinski definition) is 0. The summed E-state index contributed by atoms with van der Waals surface area (Å²) in [5.41, 5.74) is -0.620. The van der Waals surface area contributed by atoms with Gasteiger partial charge in [-0.3, -0.25) is 4.79 Å². The number of esters is 1. The highest BCUT2D eigenvalue weighted by Gasteiger charge is 2.44. The molecule has 0 aromatic heterocycles.